The molecular formula is C14H15BrO2. The van der Waals surface area contributed by atoms with Gasteiger partial charge in [-0.25, -0.2) is 0 Å². The molecule has 3 heteroatoms. The van der Waals surface area contributed by atoms with E-state index in [2.05, 4.69) is 34.1 Å². The van der Waals surface area contributed by atoms with Crippen LogP contribution in [-0.2, 0) is 15.3 Å². The highest BCUT2D eigenvalue weighted by molar-refractivity contribution is 9.09. The fraction of sp³-hybridized carbons (Fsp3) is 0.429. The molecule has 2 nitrogen and oxygen atoms in total. The van der Waals surface area contributed by atoms with Gasteiger partial charge in [0.05, 0.1) is 13.2 Å². The second-order valence-electron chi connectivity index (χ2n) is 4.46. The lowest BCUT2D eigenvalue weighted by Gasteiger charge is -2.32. The molecule has 0 bridgehead atoms. The second kappa shape index (κ2) is 4.56. The maximum absolute atomic E-state index is 5.99. The third-order valence-corrected chi connectivity index (χ3v) is 4.23. The Morgan fingerprint density at radius 1 is 1.12 bits per heavy atom. The number of ether oxygens (including phenoxy) is 2. The van der Waals surface area contributed by atoms with E-state index < -0.39 is 5.79 Å². The van der Waals surface area contributed by atoms with Crippen LogP contribution < -0.4 is 0 Å². The summed E-state index contributed by atoms with van der Waals surface area (Å²) >= 11 is 3.62. The third-order valence-electron chi connectivity index (χ3n) is 3.31. The number of halogens is 1. The number of fused-ring (bicyclic) bond motifs is 2. The SMILES string of the molecule is BrC1CCOC2(C=Cc3ccccc32)OCC1. The molecule has 0 aromatic heterocycles. The van der Waals surface area contributed by atoms with Crippen LogP contribution >= 0.6 is 15.9 Å². The molecule has 1 fully saturated rings. The zero-order chi connectivity index (χ0) is 11.7. The highest BCUT2D eigenvalue weighted by atomic mass is 79.9. The standard InChI is InChI=1S/C14H15BrO2/c15-12-6-9-16-14(17-10-7-12)8-5-11-3-1-2-4-13(11)14/h1-5,8,12H,6-7,9-10H2. The molecule has 1 saturated heterocycles. The van der Waals surface area contributed by atoms with E-state index in [0.717, 1.165) is 18.4 Å². The van der Waals surface area contributed by atoms with Crippen molar-refractivity contribution >= 4 is 22.0 Å². The summed E-state index contributed by atoms with van der Waals surface area (Å²) in [6.45, 7) is 1.43. The molecule has 1 aliphatic carbocycles. The lowest BCUT2D eigenvalue weighted by Crippen LogP contribution is -2.33. The molecule has 0 N–H and O–H groups in total. The zero-order valence-corrected chi connectivity index (χ0v) is 11.2. The summed E-state index contributed by atoms with van der Waals surface area (Å²) in [5, 5.41) is 0. The summed E-state index contributed by atoms with van der Waals surface area (Å²) in [6.07, 6.45) is 6.18. The summed E-state index contributed by atoms with van der Waals surface area (Å²) in [7, 11) is 0. The summed E-state index contributed by atoms with van der Waals surface area (Å²) in [4.78, 5) is 0.500. The van der Waals surface area contributed by atoms with E-state index in [9.17, 15) is 0 Å². The molecule has 17 heavy (non-hydrogen) atoms. The first-order valence-corrected chi connectivity index (χ1v) is 6.92. The average Bonchev–Trinajstić information content (AvgIpc) is 2.68. The molecular weight excluding hydrogens is 280 g/mol. The Hall–Kier alpha value is -0.640. The van der Waals surface area contributed by atoms with Crippen LogP contribution in [0.2, 0.25) is 0 Å². The smallest absolute Gasteiger partial charge is 0.216 e. The van der Waals surface area contributed by atoms with Gasteiger partial charge in [-0.3, -0.25) is 0 Å². The van der Waals surface area contributed by atoms with E-state index >= 15 is 0 Å². The zero-order valence-electron chi connectivity index (χ0n) is 9.56. The molecule has 1 aliphatic heterocycles. The Kier molecular flexibility index (Phi) is 3.07. The lowest BCUT2D eigenvalue weighted by molar-refractivity contribution is -0.217. The van der Waals surface area contributed by atoms with Crippen molar-refractivity contribution in [2.24, 2.45) is 0 Å². The monoisotopic (exact) mass is 294 g/mol. The predicted molar refractivity (Wildman–Crippen MR) is 71.0 cm³/mol. The number of benzene rings is 1. The van der Waals surface area contributed by atoms with Crippen LogP contribution in [0.15, 0.2) is 30.3 Å². The molecule has 3 rings (SSSR count). The number of hydrogen-bond donors (Lipinski definition) is 0. The van der Waals surface area contributed by atoms with Gasteiger partial charge in [0.2, 0.25) is 5.79 Å². The number of rotatable bonds is 0. The Labute approximate surface area is 110 Å². The first-order chi connectivity index (χ1) is 8.30. The van der Waals surface area contributed by atoms with E-state index in [4.69, 9.17) is 9.47 Å². The van der Waals surface area contributed by atoms with Gasteiger partial charge in [0.15, 0.2) is 0 Å². The van der Waals surface area contributed by atoms with Crippen molar-refractivity contribution in [2.45, 2.75) is 23.5 Å². The highest BCUT2D eigenvalue weighted by Crippen LogP contribution is 2.39. The Morgan fingerprint density at radius 2 is 1.82 bits per heavy atom. The summed E-state index contributed by atoms with van der Waals surface area (Å²) in [5.41, 5.74) is 2.33. The van der Waals surface area contributed by atoms with Crippen LogP contribution in [0.5, 0.6) is 0 Å². The largest absolute Gasteiger partial charge is 0.343 e. The molecule has 2 aliphatic rings. The van der Waals surface area contributed by atoms with Gasteiger partial charge in [0.1, 0.15) is 0 Å². The first-order valence-electron chi connectivity index (χ1n) is 6.01. The van der Waals surface area contributed by atoms with Gasteiger partial charge in [-0.15, -0.1) is 0 Å². The van der Waals surface area contributed by atoms with E-state index in [1.807, 2.05) is 18.2 Å². The molecule has 1 heterocycles. The van der Waals surface area contributed by atoms with Gasteiger partial charge in [-0.05, 0) is 24.5 Å². The van der Waals surface area contributed by atoms with Crippen molar-refractivity contribution in [1.82, 2.24) is 0 Å². The topological polar surface area (TPSA) is 18.5 Å². The van der Waals surface area contributed by atoms with Crippen LogP contribution in [0, 0.1) is 0 Å². The van der Waals surface area contributed by atoms with Crippen molar-refractivity contribution in [1.29, 1.82) is 0 Å². The maximum Gasteiger partial charge on any atom is 0.216 e. The van der Waals surface area contributed by atoms with Crippen LogP contribution in [0.1, 0.15) is 24.0 Å². The van der Waals surface area contributed by atoms with Crippen molar-refractivity contribution in [3.05, 3.63) is 41.5 Å². The second-order valence-corrected chi connectivity index (χ2v) is 5.75. The van der Waals surface area contributed by atoms with Crippen LogP contribution in [-0.4, -0.2) is 18.0 Å². The van der Waals surface area contributed by atoms with Gasteiger partial charge >= 0.3 is 0 Å². The maximum atomic E-state index is 5.99. The molecule has 1 spiro atoms. The van der Waals surface area contributed by atoms with Gasteiger partial charge in [-0.1, -0.05) is 46.3 Å². The summed E-state index contributed by atoms with van der Waals surface area (Å²) < 4.78 is 12.0. The van der Waals surface area contributed by atoms with Crippen molar-refractivity contribution in [2.75, 3.05) is 13.2 Å². The molecule has 0 radical (unpaired) electrons. The molecule has 0 unspecified atom stereocenters. The fourth-order valence-electron chi connectivity index (χ4n) is 2.36. The normalized spacial score (nSPS) is 32.2. The van der Waals surface area contributed by atoms with Gasteiger partial charge in [0.25, 0.3) is 0 Å². The van der Waals surface area contributed by atoms with Gasteiger partial charge < -0.3 is 9.47 Å². The quantitative estimate of drug-likeness (QED) is 0.682. The Bertz CT molecular complexity index is 432. The number of hydrogen-bond acceptors (Lipinski definition) is 2. The van der Waals surface area contributed by atoms with Crippen LogP contribution in [0.3, 0.4) is 0 Å². The molecule has 90 valence electrons. The number of alkyl halides is 1. The summed E-state index contributed by atoms with van der Waals surface area (Å²) in [6, 6.07) is 8.26. The van der Waals surface area contributed by atoms with Crippen LogP contribution in [0.4, 0.5) is 0 Å². The third kappa shape index (κ3) is 2.07. The molecule has 0 atom stereocenters. The Morgan fingerprint density at radius 3 is 2.59 bits per heavy atom. The predicted octanol–water partition coefficient (Wildman–Crippen LogP) is 3.46. The van der Waals surface area contributed by atoms with E-state index in [1.165, 1.54) is 5.56 Å². The van der Waals surface area contributed by atoms with Crippen molar-refractivity contribution in [3.8, 4) is 0 Å². The molecule has 1 aromatic rings. The van der Waals surface area contributed by atoms with Crippen molar-refractivity contribution in [3.63, 3.8) is 0 Å². The van der Waals surface area contributed by atoms with Gasteiger partial charge in [0, 0.05) is 10.4 Å². The summed E-state index contributed by atoms with van der Waals surface area (Å²) in [5.74, 6) is -0.635. The van der Waals surface area contributed by atoms with E-state index in [-0.39, 0.29) is 0 Å². The first kappa shape index (κ1) is 11.5. The van der Waals surface area contributed by atoms with Crippen molar-refractivity contribution < 1.29 is 9.47 Å². The highest BCUT2D eigenvalue weighted by Gasteiger charge is 2.37. The van der Waals surface area contributed by atoms with Gasteiger partial charge in [-0.2, -0.15) is 0 Å². The average molecular weight is 295 g/mol. The van der Waals surface area contributed by atoms with E-state index in [1.54, 1.807) is 0 Å². The minimum Gasteiger partial charge on any atom is -0.343 e. The Balaban J connectivity index is 1.90. The minimum atomic E-state index is -0.635. The fourth-order valence-corrected chi connectivity index (χ4v) is 2.74. The minimum absolute atomic E-state index is 0.500. The molecule has 0 saturated carbocycles. The van der Waals surface area contributed by atoms with Crippen LogP contribution in [0.25, 0.3) is 6.08 Å². The lowest BCUT2D eigenvalue weighted by atomic mass is 10.1. The molecule has 1 aromatic carbocycles. The molecule has 0 amide bonds. The van der Waals surface area contributed by atoms with E-state index in [0.29, 0.717) is 18.0 Å².